The molecule has 0 saturated carbocycles. The highest BCUT2D eigenvalue weighted by molar-refractivity contribution is 5.08. The smallest absolute Gasteiger partial charge is 0.178 e. The van der Waals surface area contributed by atoms with Gasteiger partial charge in [0.25, 0.3) is 0 Å². The van der Waals surface area contributed by atoms with Crippen molar-refractivity contribution >= 4 is 0 Å². The molecule has 1 nitrogen and oxygen atoms in total. The van der Waals surface area contributed by atoms with E-state index in [0.717, 1.165) is 0 Å². The van der Waals surface area contributed by atoms with Crippen LogP contribution >= 0.6 is 0 Å². The van der Waals surface area contributed by atoms with E-state index in [0.29, 0.717) is 0 Å². The maximum atomic E-state index is 2.38. The molecule has 0 atom stereocenters. The summed E-state index contributed by atoms with van der Waals surface area (Å²) in [4.78, 5) is 0. The highest BCUT2D eigenvalue weighted by Crippen LogP contribution is 2.09. The van der Waals surface area contributed by atoms with Gasteiger partial charge in [-0.05, 0) is 18.9 Å². The zero-order valence-electron chi connectivity index (χ0n) is 13.3. The highest BCUT2D eigenvalue weighted by Gasteiger charge is 2.04. The van der Waals surface area contributed by atoms with Gasteiger partial charge in [0, 0.05) is 25.5 Å². The Kier molecular flexibility index (Phi) is 8.53. The van der Waals surface area contributed by atoms with Crippen LogP contribution in [-0.4, -0.2) is 0 Å². The Morgan fingerprint density at radius 1 is 0.842 bits per heavy atom. The monoisotopic (exact) mass is 262 g/mol. The molecule has 0 saturated heterocycles. The van der Waals surface area contributed by atoms with E-state index in [-0.39, 0.29) is 0 Å². The lowest BCUT2D eigenvalue weighted by molar-refractivity contribution is -0.703. The van der Waals surface area contributed by atoms with E-state index < -0.39 is 0 Å². The molecule has 0 aliphatic carbocycles. The fourth-order valence-electron chi connectivity index (χ4n) is 2.63. The standard InChI is InChI=1S/C18H32N/c1-4-5-6-7-8-9-10-11-12-14-19-15-13-17(2)16-18(19)3/h13,15-16H,4-12,14H2,1-3H3/q+1. The molecular weight excluding hydrogens is 230 g/mol. The maximum Gasteiger partial charge on any atom is 0.178 e. The van der Waals surface area contributed by atoms with Gasteiger partial charge in [0.05, 0.1) is 0 Å². The number of hydrogen-bond acceptors (Lipinski definition) is 0. The number of aryl methyl sites for hydroxylation is 3. The minimum absolute atomic E-state index is 1.18. The van der Waals surface area contributed by atoms with E-state index in [9.17, 15) is 0 Å². The van der Waals surface area contributed by atoms with Crippen LogP contribution in [0.5, 0.6) is 0 Å². The van der Waals surface area contributed by atoms with Crippen molar-refractivity contribution < 1.29 is 4.57 Å². The molecule has 0 amide bonds. The molecule has 19 heavy (non-hydrogen) atoms. The number of unbranched alkanes of at least 4 members (excludes halogenated alkanes) is 8. The molecule has 0 spiro atoms. The maximum absolute atomic E-state index is 2.38. The third-order valence-electron chi connectivity index (χ3n) is 3.91. The van der Waals surface area contributed by atoms with Gasteiger partial charge in [-0.3, -0.25) is 0 Å². The Labute approximate surface area is 120 Å². The molecule has 1 aromatic rings. The Hall–Kier alpha value is -0.850. The van der Waals surface area contributed by atoms with Gasteiger partial charge in [0.15, 0.2) is 11.9 Å². The predicted molar refractivity (Wildman–Crippen MR) is 83.3 cm³/mol. The Balaban J connectivity index is 2.01. The molecule has 0 bridgehead atoms. The van der Waals surface area contributed by atoms with E-state index in [1.54, 1.807) is 0 Å². The van der Waals surface area contributed by atoms with E-state index >= 15 is 0 Å². The van der Waals surface area contributed by atoms with Crippen LogP contribution in [0.3, 0.4) is 0 Å². The molecule has 1 heterocycles. The first kappa shape index (κ1) is 16.2. The van der Waals surface area contributed by atoms with Crippen LogP contribution < -0.4 is 4.57 Å². The van der Waals surface area contributed by atoms with Gasteiger partial charge in [0.2, 0.25) is 0 Å². The van der Waals surface area contributed by atoms with Crippen molar-refractivity contribution in [3.8, 4) is 0 Å². The molecule has 1 aromatic heterocycles. The summed E-state index contributed by atoms with van der Waals surface area (Å²) >= 11 is 0. The summed E-state index contributed by atoms with van der Waals surface area (Å²) in [5.74, 6) is 0. The van der Waals surface area contributed by atoms with Gasteiger partial charge in [-0.1, -0.05) is 51.9 Å². The zero-order valence-corrected chi connectivity index (χ0v) is 13.3. The molecular formula is C18H32N+. The summed E-state index contributed by atoms with van der Waals surface area (Å²) in [5.41, 5.74) is 2.75. The van der Waals surface area contributed by atoms with Crippen LogP contribution in [0, 0.1) is 13.8 Å². The summed E-state index contributed by atoms with van der Waals surface area (Å²) in [6, 6.07) is 4.48. The van der Waals surface area contributed by atoms with Gasteiger partial charge < -0.3 is 0 Å². The van der Waals surface area contributed by atoms with Crippen molar-refractivity contribution in [2.24, 2.45) is 0 Å². The fourth-order valence-corrected chi connectivity index (χ4v) is 2.63. The first-order chi connectivity index (χ1) is 9.24. The van der Waals surface area contributed by atoms with Crippen molar-refractivity contribution in [1.29, 1.82) is 0 Å². The lowest BCUT2D eigenvalue weighted by atomic mass is 10.1. The molecule has 0 fully saturated rings. The topological polar surface area (TPSA) is 3.88 Å². The van der Waals surface area contributed by atoms with Gasteiger partial charge in [-0.2, -0.15) is 0 Å². The molecule has 0 aliphatic heterocycles. The van der Waals surface area contributed by atoms with E-state index in [1.807, 2.05) is 0 Å². The van der Waals surface area contributed by atoms with Crippen LogP contribution in [0.2, 0.25) is 0 Å². The van der Waals surface area contributed by atoms with Crippen LogP contribution in [0.4, 0.5) is 0 Å². The Morgan fingerprint density at radius 3 is 2.00 bits per heavy atom. The molecule has 1 heteroatoms. The first-order valence-corrected chi connectivity index (χ1v) is 8.20. The molecule has 0 unspecified atom stereocenters. The molecule has 1 rings (SSSR count). The average molecular weight is 262 g/mol. The van der Waals surface area contributed by atoms with Crippen molar-refractivity contribution in [2.45, 2.75) is 85.1 Å². The summed E-state index contributed by atoms with van der Waals surface area (Å²) in [7, 11) is 0. The fraction of sp³-hybridized carbons (Fsp3) is 0.722. The SMILES string of the molecule is CCCCCCCCCCC[n+]1ccc(C)cc1C. The van der Waals surface area contributed by atoms with Gasteiger partial charge >= 0.3 is 0 Å². The van der Waals surface area contributed by atoms with Crippen LogP contribution in [0.1, 0.15) is 76.0 Å². The second-order valence-electron chi connectivity index (χ2n) is 5.87. The third kappa shape index (κ3) is 7.34. The number of hydrogen-bond donors (Lipinski definition) is 0. The summed E-state index contributed by atoms with van der Waals surface area (Å²) < 4.78 is 2.38. The minimum Gasteiger partial charge on any atom is -0.203 e. The van der Waals surface area contributed by atoms with Crippen molar-refractivity contribution in [3.63, 3.8) is 0 Å². The Morgan fingerprint density at radius 2 is 1.42 bits per heavy atom. The number of nitrogens with zero attached hydrogens (tertiary/aromatic N) is 1. The van der Waals surface area contributed by atoms with Crippen molar-refractivity contribution in [1.82, 2.24) is 0 Å². The van der Waals surface area contributed by atoms with Crippen LogP contribution in [0.15, 0.2) is 18.3 Å². The van der Waals surface area contributed by atoms with Crippen LogP contribution in [-0.2, 0) is 6.54 Å². The molecule has 0 aliphatic rings. The van der Waals surface area contributed by atoms with E-state index in [4.69, 9.17) is 0 Å². The lowest BCUT2D eigenvalue weighted by Gasteiger charge is -2.03. The number of rotatable bonds is 10. The predicted octanol–water partition coefficient (Wildman–Crippen LogP) is 5.12. The van der Waals surface area contributed by atoms with Gasteiger partial charge in [0.1, 0.15) is 6.54 Å². The van der Waals surface area contributed by atoms with Crippen molar-refractivity contribution in [3.05, 3.63) is 29.6 Å². The Bertz CT molecular complexity index is 344. The summed E-state index contributed by atoms with van der Waals surface area (Å²) in [6.07, 6.45) is 14.9. The van der Waals surface area contributed by atoms with Gasteiger partial charge in [-0.15, -0.1) is 0 Å². The summed E-state index contributed by atoms with van der Waals surface area (Å²) in [6.45, 7) is 7.84. The molecule has 0 N–H and O–H groups in total. The zero-order chi connectivity index (χ0) is 13.9. The average Bonchev–Trinajstić information content (AvgIpc) is 2.39. The highest BCUT2D eigenvalue weighted by atomic mass is 14.9. The second-order valence-corrected chi connectivity index (χ2v) is 5.87. The summed E-state index contributed by atoms with van der Waals surface area (Å²) in [5, 5.41) is 0. The van der Waals surface area contributed by atoms with Crippen molar-refractivity contribution in [2.75, 3.05) is 0 Å². The largest absolute Gasteiger partial charge is 0.203 e. The minimum atomic E-state index is 1.18. The molecule has 0 radical (unpaired) electrons. The normalized spacial score (nSPS) is 10.9. The molecule has 0 aromatic carbocycles. The quantitative estimate of drug-likeness (QED) is 0.407. The van der Waals surface area contributed by atoms with Gasteiger partial charge in [-0.25, -0.2) is 4.57 Å². The molecule has 108 valence electrons. The third-order valence-corrected chi connectivity index (χ3v) is 3.91. The number of pyridine rings is 1. The second kappa shape index (κ2) is 10.00. The number of aromatic nitrogens is 1. The van der Waals surface area contributed by atoms with Crippen LogP contribution in [0.25, 0.3) is 0 Å². The first-order valence-electron chi connectivity index (χ1n) is 8.20. The van der Waals surface area contributed by atoms with E-state index in [2.05, 4.69) is 43.7 Å². The lowest BCUT2D eigenvalue weighted by Crippen LogP contribution is -2.36. The van der Waals surface area contributed by atoms with E-state index in [1.165, 1.54) is 75.6 Å².